The standard InChI is InChI=1S/C12H9ClN4OS2/c1-7-15-16-12(20-7)19-6-10-14-11(17-18-10)8-2-4-9(13)5-3-8/h2-5H,6H2,1H3. The summed E-state index contributed by atoms with van der Waals surface area (Å²) in [5, 5.41) is 13.6. The van der Waals surface area contributed by atoms with E-state index in [9.17, 15) is 0 Å². The predicted molar refractivity (Wildman–Crippen MR) is 79.0 cm³/mol. The molecule has 0 aliphatic heterocycles. The van der Waals surface area contributed by atoms with Crippen LogP contribution in [0.15, 0.2) is 33.1 Å². The molecule has 0 saturated heterocycles. The Morgan fingerprint density at radius 1 is 1.25 bits per heavy atom. The van der Waals surface area contributed by atoms with Crippen LogP contribution in [0, 0.1) is 6.92 Å². The fourth-order valence-corrected chi connectivity index (χ4v) is 3.27. The predicted octanol–water partition coefficient (Wildman–Crippen LogP) is 3.84. The number of aryl methyl sites for hydroxylation is 1. The zero-order valence-corrected chi connectivity index (χ0v) is 12.8. The molecule has 0 bridgehead atoms. The summed E-state index contributed by atoms with van der Waals surface area (Å²) in [6.45, 7) is 1.92. The maximum Gasteiger partial charge on any atom is 0.237 e. The van der Waals surface area contributed by atoms with Crippen LogP contribution < -0.4 is 0 Å². The molecule has 0 atom stereocenters. The molecule has 0 N–H and O–H groups in total. The van der Waals surface area contributed by atoms with Gasteiger partial charge in [0.2, 0.25) is 11.7 Å². The number of halogens is 1. The number of aromatic nitrogens is 4. The Balaban J connectivity index is 1.69. The van der Waals surface area contributed by atoms with Gasteiger partial charge in [-0.1, -0.05) is 39.9 Å². The van der Waals surface area contributed by atoms with Crippen LogP contribution in [0.3, 0.4) is 0 Å². The van der Waals surface area contributed by atoms with Crippen LogP contribution in [-0.2, 0) is 5.75 Å². The molecule has 0 fully saturated rings. The number of nitrogens with zero attached hydrogens (tertiary/aromatic N) is 4. The van der Waals surface area contributed by atoms with Crippen molar-refractivity contribution < 1.29 is 4.52 Å². The smallest absolute Gasteiger partial charge is 0.237 e. The van der Waals surface area contributed by atoms with Crippen LogP contribution in [0.4, 0.5) is 0 Å². The highest BCUT2D eigenvalue weighted by Crippen LogP contribution is 2.26. The first-order valence-corrected chi connectivity index (χ1v) is 7.90. The van der Waals surface area contributed by atoms with Crippen LogP contribution in [0.25, 0.3) is 11.4 Å². The van der Waals surface area contributed by atoms with Crippen molar-refractivity contribution in [3.05, 3.63) is 40.2 Å². The molecule has 2 heterocycles. The summed E-state index contributed by atoms with van der Waals surface area (Å²) in [4.78, 5) is 4.35. The summed E-state index contributed by atoms with van der Waals surface area (Å²) in [5.41, 5.74) is 0.876. The quantitative estimate of drug-likeness (QED) is 0.679. The first-order chi connectivity index (χ1) is 9.70. The fourth-order valence-electron chi connectivity index (χ4n) is 1.49. The van der Waals surface area contributed by atoms with Crippen LogP contribution >= 0.6 is 34.7 Å². The summed E-state index contributed by atoms with van der Waals surface area (Å²) in [6.07, 6.45) is 0. The number of hydrogen-bond acceptors (Lipinski definition) is 7. The molecule has 2 aromatic heterocycles. The van der Waals surface area contributed by atoms with Crippen molar-refractivity contribution in [3.8, 4) is 11.4 Å². The van der Waals surface area contributed by atoms with Gasteiger partial charge >= 0.3 is 0 Å². The Labute approximate surface area is 128 Å². The molecule has 0 aliphatic rings. The third-order valence-electron chi connectivity index (χ3n) is 2.40. The van der Waals surface area contributed by atoms with E-state index in [4.69, 9.17) is 16.1 Å². The highest BCUT2D eigenvalue weighted by molar-refractivity contribution is 8.00. The minimum Gasteiger partial charge on any atom is -0.338 e. The van der Waals surface area contributed by atoms with E-state index in [1.807, 2.05) is 19.1 Å². The average molecular weight is 325 g/mol. The van der Waals surface area contributed by atoms with E-state index in [1.54, 1.807) is 23.5 Å². The Morgan fingerprint density at radius 3 is 2.75 bits per heavy atom. The summed E-state index contributed by atoms with van der Waals surface area (Å²) >= 11 is 8.93. The minimum absolute atomic E-state index is 0.561. The molecule has 0 radical (unpaired) electrons. The zero-order chi connectivity index (χ0) is 13.9. The van der Waals surface area contributed by atoms with Crippen molar-refractivity contribution >= 4 is 34.7 Å². The lowest BCUT2D eigenvalue weighted by Crippen LogP contribution is -1.82. The number of thioether (sulfide) groups is 1. The third-order valence-corrected chi connectivity index (χ3v) is 4.61. The van der Waals surface area contributed by atoms with Gasteiger partial charge in [0.15, 0.2) is 4.34 Å². The molecule has 3 aromatic rings. The lowest BCUT2D eigenvalue weighted by Gasteiger charge is -1.93. The molecule has 5 nitrogen and oxygen atoms in total. The summed E-state index contributed by atoms with van der Waals surface area (Å²) in [6, 6.07) is 7.31. The second-order valence-electron chi connectivity index (χ2n) is 3.89. The van der Waals surface area contributed by atoms with Crippen molar-refractivity contribution in [2.24, 2.45) is 0 Å². The second-order valence-corrected chi connectivity index (χ2v) is 6.73. The summed E-state index contributed by atoms with van der Waals surface area (Å²) in [7, 11) is 0. The first-order valence-electron chi connectivity index (χ1n) is 5.72. The molecule has 8 heteroatoms. The van der Waals surface area contributed by atoms with E-state index >= 15 is 0 Å². The largest absolute Gasteiger partial charge is 0.338 e. The molecule has 0 saturated carbocycles. The van der Waals surface area contributed by atoms with Crippen molar-refractivity contribution in [3.63, 3.8) is 0 Å². The minimum atomic E-state index is 0.561. The molecular formula is C12H9ClN4OS2. The zero-order valence-electron chi connectivity index (χ0n) is 10.4. The van der Waals surface area contributed by atoms with Gasteiger partial charge in [0.05, 0.1) is 5.75 Å². The van der Waals surface area contributed by atoms with E-state index < -0.39 is 0 Å². The van der Waals surface area contributed by atoms with Crippen LogP contribution in [0.2, 0.25) is 5.02 Å². The van der Waals surface area contributed by atoms with Crippen molar-refractivity contribution in [2.45, 2.75) is 17.0 Å². The van der Waals surface area contributed by atoms with Gasteiger partial charge in [-0.25, -0.2) is 0 Å². The highest BCUT2D eigenvalue weighted by atomic mass is 35.5. The molecule has 0 amide bonds. The highest BCUT2D eigenvalue weighted by Gasteiger charge is 2.10. The lowest BCUT2D eigenvalue weighted by atomic mass is 10.2. The van der Waals surface area contributed by atoms with E-state index in [-0.39, 0.29) is 0 Å². The molecule has 1 aromatic carbocycles. The maximum absolute atomic E-state index is 5.84. The van der Waals surface area contributed by atoms with Crippen molar-refractivity contribution in [2.75, 3.05) is 0 Å². The van der Waals surface area contributed by atoms with Crippen LogP contribution in [0.5, 0.6) is 0 Å². The lowest BCUT2D eigenvalue weighted by molar-refractivity contribution is 0.391. The number of rotatable bonds is 4. The van der Waals surface area contributed by atoms with Gasteiger partial charge in [0, 0.05) is 10.6 Å². The first kappa shape index (κ1) is 13.5. The third kappa shape index (κ3) is 3.17. The Morgan fingerprint density at radius 2 is 2.05 bits per heavy atom. The summed E-state index contributed by atoms with van der Waals surface area (Å²) < 4.78 is 6.12. The van der Waals surface area contributed by atoms with Crippen LogP contribution in [-0.4, -0.2) is 20.3 Å². The molecule has 0 unspecified atom stereocenters. The molecule has 20 heavy (non-hydrogen) atoms. The molecule has 3 rings (SSSR count). The normalized spacial score (nSPS) is 10.9. The van der Waals surface area contributed by atoms with Crippen molar-refractivity contribution in [1.29, 1.82) is 0 Å². The monoisotopic (exact) mass is 324 g/mol. The van der Waals surface area contributed by atoms with E-state index in [1.165, 1.54) is 11.8 Å². The Hall–Kier alpha value is -1.44. The Kier molecular flexibility index (Phi) is 4.00. The van der Waals surface area contributed by atoms with E-state index in [0.29, 0.717) is 22.5 Å². The van der Waals surface area contributed by atoms with Gasteiger partial charge in [-0.05, 0) is 31.2 Å². The average Bonchev–Trinajstić information content (AvgIpc) is 3.06. The SMILES string of the molecule is Cc1nnc(SCc2nc(-c3ccc(Cl)cc3)no2)s1. The van der Waals surface area contributed by atoms with Gasteiger partial charge in [-0.3, -0.25) is 0 Å². The topological polar surface area (TPSA) is 64.7 Å². The van der Waals surface area contributed by atoms with Crippen LogP contribution in [0.1, 0.15) is 10.9 Å². The maximum atomic E-state index is 5.84. The number of benzene rings is 1. The molecule has 0 spiro atoms. The Bertz CT molecular complexity index is 710. The van der Waals surface area contributed by atoms with E-state index in [2.05, 4.69) is 20.3 Å². The van der Waals surface area contributed by atoms with Gasteiger partial charge in [0.1, 0.15) is 5.01 Å². The number of hydrogen-bond donors (Lipinski definition) is 0. The van der Waals surface area contributed by atoms with Gasteiger partial charge in [-0.2, -0.15) is 4.98 Å². The molecule has 102 valence electrons. The van der Waals surface area contributed by atoms with Gasteiger partial charge < -0.3 is 4.52 Å². The molecule has 0 aliphatic carbocycles. The summed E-state index contributed by atoms with van der Waals surface area (Å²) in [5.74, 6) is 1.70. The second kappa shape index (κ2) is 5.90. The van der Waals surface area contributed by atoms with Gasteiger partial charge in [-0.15, -0.1) is 10.2 Å². The van der Waals surface area contributed by atoms with E-state index in [0.717, 1.165) is 14.9 Å². The molecular weight excluding hydrogens is 316 g/mol. The van der Waals surface area contributed by atoms with Crippen molar-refractivity contribution in [1.82, 2.24) is 20.3 Å². The van der Waals surface area contributed by atoms with Gasteiger partial charge in [0.25, 0.3) is 0 Å². The fraction of sp³-hybridized carbons (Fsp3) is 0.167.